The van der Waals surface area contributed by atoms with Gasteiger partial charge in [-0.15, -0.1) is 0 Å². The van der Waals surface area contributed by atoms with E-state index in [0.29, 0.717) is 18.4 Å². The van der Waals surface area contributed by atoms with Crippen molar-refractivity contribution in [2.45, 2.75) is 19.8 Å². The molecule has 17 heavy (non-hydrogen) atoms. The zero-order valence-electron chi connectivity index (χ0n) is 10.3. The van der Waals surface area contributed by atoms with Crippen LogP contribution in [0.1, 0.15) is 19.8 Å². The van der Waals surface area contributed by atoms with Crippen LogP contribution < -0.4 is 15.4 Å². The van der Waals surface area contributed by atoms with E-state index < -0.39 is 0 Å². The quantitative estimate of drug-likeness (QED) is 0.779. The zero-order valence-corrected chi connectivity index (χ0v) is 10.3. The van der Waals surface area contributed by atoms with E-state index in [1.165, 1.54) is 6.42 Å². The van der Waals surface area contributed by atoms with Crippen LogP contribution in [0.25, 0.3) is 0 Å². The Morgan fingerprint density at radius 3 is 3.29 bits per heavy atom. The van der Waals surface area contributed by atoms with Gasteiger partial charge >= 0.3 is 0 Å². The Bertz CT molecular complexity index is 339. The molecular formula is C12H20N4O. The Morgan fingerprint density at radius 1 is 1.59 bits per heavy atom. The second-order valence-corrected chi connectivity index (χ2v) is 4.23. The molecule has 0 saturated carbocycles. The Morgan fingerprint density at radius 2 is 2.53 bits per heavy atom. The molecule has 5 heteroatoms. The van der Waals surface area contributed by atoms with Gasteiger partial charge in [0, 0.05) is 18.8 Å². The van der Waals surface area contributed by atoms with Gasteiger partial charge in [0.1, 0.15) is 0 Å². The molecule has 1 aromatic rings. The van der Waals surface area contributed by atoms with Gasteiger partial charge in [0.05, 0.1) is 6.61 Å². The molecule has 0 spiro atoms. The summed E-state index contributed by atoms with van der Waals surface area (Å²) in [4.78, 5) is 8.43. The average Bonchev–Trinajstić information content (AvgIpc) is 2.83. The molecule has 0 amide bonds. The van der Waals surface area contributed by atoms with E-state index in [4.69, 9.17) is 4.74 Å². The average molecular weight is 236 g/mol. The molecule has 0 aliphatic carbocycles. The fourth-order valence-corrected chi connectivity index (χ4v) is 2.00. The third-order valence-corrected chi connectivity index (χ3v) is 2.92. The van der Waals surface area contributed by atoms with Crippen LogP contribution in [0.3, 0.4) is 0 Å². The molecule has 1 saturated heterocycles. The number of aromatic nitrogens is 2. The number of anilines is 1. The number of nitrogens with one attached hydrogen (secondary N) is 2. The first-order valence-corrected chi connectivity index (χ1v) is 6.29. The molecule has 94 valence electrons. The second kappa shape index (κ2) is 6.39. The van der Waals surface area contributed by atoms with Crippen molar-refractivity contribution in [3.05, 3.63) is 12.3 Å². The van der Waals surface area contributed by atoms with Crippen LogP contribution in [0.4, 0.5) is 5.95 Å². The van der Waals surface area contributed by atoms with Gasteiger partial charge in [-0.1, -0.05) is 0 Å². The summed E-state index contributed by atoms with van der Waals surface area (Å²) in [5, 5.41) is 6.61. The topological polar surface area (TPSA) is 59.1 Å². The molecule has 1 aromatic heterocycles. The third kappa shape index (κ3) is 3.85. The maximum atomic E-state index is 5.33. The molecule has 2 heterocycles. The summed E-state index contributed by atoms with van der Waals surface area (Å²) in [6.45, 7) is 5.79. The normalized spacial score (nSPS) is 19.2. The molecule has 0 radical (unpaired) electrons. The van der Waals surface area contributed by atoms with Crippen molar-refractivity contribution in [3.8, 4) is 5.88 Å². The third-order valence-electron chi connectivity index (χ3n) is 2.92. The first kappa shape index (κ1) is 12.1. The van der Waals surface area contributed by atoms with E-state index in [2.05, 4.69) is 20.6 Å². The Kier molecular flexibility index (Phi) is 4.55. The van der Waals surface area contributed by atoms with Crippen LogP contribution >= 0.6 is 0 Å². The molecule has 1 fully saturated rings. The van der Waals surface area contributed by atoms with Gasteiger partial charge in [0.2, 0.25) is 11.8 Å². The van der Waals surface area contributed by atoms with Crippen molar-refractivity contribution in [1.82, 2.24) is 15.3 Å². The second-order valence-electron chi connectivity index (χ2n) is 4.23. The molecule has 1 aliphatic heterocycles. The molecule has 1 atom stereocenters. The van der Waals surface area contributed by atoms with Crippen molar-refractivity contribution in [2.24, 2.45) is 5.92 Å². The maximum Gasteiger partial charge on any atom is 0.225 e. The highest BCUT2D eigenvalue weighted by Crippen LogP contribution is 2.13. The lowest BCUT2D eigenvalue weighted by Crippen LogP contribution is -2.13. The van der Waals surface area contributed by atoms with Gasteiger partial charge < -0.3 is 15.4 Å². The van der Waals surface area contributed by atoms with E-state index in [0.717, 1.165) is 32.0 Å². The van der Waals surface area contributed by atoms with Crippen LogP contribution in [0.15, 0.2) is 12.3 Å². The van der Waals surface area contributed by atoms with Crippen LogP contribution in [0.5, 0.6) is 5.88 Å². The van der Waals surface area contributed by atoms with Crippen LogP contribution in [0.2, 0.25) is 0 Å². The van der Waals surface area contributed by atoms with Crippen LogP contribution in [-0.2, 0) is 0 Å². The van der Waals surface area contributed by atoms with Crippen LogP contribution in [0, 0.1) is 5.92 Å². The number of rotatable bonds is 6. The summed E-state index contributed by atoms with van der Waals surface area (Å²) < 4.78 is 5.33. The minimum Gasteiger partial charge on any atom is -0.478 e. The lowest BCUT2D eigenvalue weighted by atomic mass is 10.1. The largest absolute Gasteiger partial charge is 0.478 e. The molecule has 1 unspecified atom stereocenters. The maximum absolute atomic E-state index is 5.33. The predicted octanol–water partition coefficient (Wildman–Crippen LogP) is 1.29. The Hall–Kier alpha value is -1.36. The summed E-state index contributed by atoms with van der Waals surface area (Å²) in [5.74, 6) is 2.08. The van der Waals surface area contributed by atoms with Gasteiger partial charge in [-0.2, -0.15) is 4.98 Å². The Labute approximate surface area is 102 Å². The van der Waals surface area contributed by atoms with Crippen molar-refractivity contribution in [3.63, 3.8) is 0 Å². The first-order chi connectivity index (χ1) is 8.38. The minimum atomic E-state index is 0.629. The summed E-state index contributed by atoms with van der Waals surface area (Å²) >= 11 is 0. The molecule has 2 N–H and O–H groups in total. The van der Waals surface area contributed by atoms with E-state index in [1.807, 2.05) is 6.92 Å². The van der Waals surface area contributed by atoms with Gasteiger partial charge in [-0.3, -0.25) is 0 Å². The molecular weight excluding hydrogens is 216 g/mol. The SMILES string of the molecule is CCOc1ccnc(NCCC2CCNC2)n1. The van der Waals surface area contributed by atoms with Crippen molar-refractivity contribution >= 4 is 5.95 Å². The standard InChI is InChI=1S/C12H20N4O/c1-2-17-11-5-8-15-12(16-11)14-7-4-10-3-6-13-9-10/h5,8,10,13H,2-4,6-7,9H2,1H3,(H,14,15,16). The lowest BCUT2D eigenvalue weighted by molar-refractivity contribution is 0.326. The lowest BCUT2D eigenvalue weighted by Gasteiger charge is -2.09. The molecule has 1 aliphatic rings. The van der Waals surface area contributed by atoms with Crippen molar-refractivity contribution in [2.75, 3.05) is 31.6 Å². The summed E-state index contributed by atoms with van der Waals surface area (Å²) in [6.07, 6.45) is 4.16. The zero-order chi connectivity index (χ0) is 11.9. The smallest absolute Gasteiger partial charge is 0.225 e. The van der Waals surface area contributed by atoms with E-state index in [9.17, 15) is 0 Å². The molecule has 2 rings (SSSR count). The Balaban J connectivity index is 1.75. The fraction of sp³-hybridized carbons (Fsp3) is 0.667. The molecule has 0 aromatic carbocycles. The molecule has 5 nitrogen and oxygen atoms in total. The number of nitrogens with zero attached hydrogens (tertiary/aromatic N) is 2. The summed E-state index contributed by atoms with van der Waals surface area (Å²) in [6, 6.07) is 1.77. The first-order valence-electron chi connectivity index (χ1n) is 6.29. The number of ether oxygens (including phenoxy) is 1. The van der Waals surface area contributed by atoms with Gasteiger partial charge in [0.25, 0.3) is 0 Å². The number of hydrogen-bond donors (Lipinski definition) is 2. The summed E-state index contributed by atoms with van der Waals surface area (Å²) in [7, 11) is 0. The van der Waals surface area contributed by atoms with E-state index >= 15 is 0 Å². The number of hydrogen-bond acceptors (Lipinski definition) is 5. The highest BCUT2D eigenvalue weighted by molar-refractivity contribution is 5.27. The van der Waals surface area contributed by atoms with E-state index in [1.54, 1.807) is 12.3 Å². The van der Waals surface area contributed by atoms with Crippen LogP contribution in [-0.4, -0.2) is 36.2 Å². The minimum absolute atomic E-state index is 0.629. The van der Waals surface area contributed by atoms with E-state index in [-0.39, 0.29) is 0 Å². The molecule has 0 bridgehead atoms. The fourth-order valence-electron chi connectivity index (χ4n) is 2.00. The van der Waals surface area contributed by atoms with Crippen molar-refractivity contribution in [1.29, 1.82) is 0 Å². The van der Waals surface area contributed by atoms with Gasteiger partial charge in [-0.05, 0) is 38.8 Å². The van der Waals surface area contributed by atoms with Gasteiger partial charge in [-0.25, -0.2) is 4.98 Å². The predicted molar refractivity (Wildman–Crippen MR) is 67.3 cm³/mol. The summed E-state index contributed by atoms with van der Waals surface area (Å²) in [5.41, 5.74) is 0. The highest BCUT2D eigenvalue weighted by atomic mass is 16.5. The van der Waals surface area contributed by atoms with Crippen molar-refractivity contribution < 1.29 is 4.74 Å². The highest BCUT2D eigenvalue weighted by Gasteiger charge is 2.13. The monoisotopic (exact) mass is 236 g/mol. The van der Waals surface area contributed by atoms with Gasteiger partial charge in [0.15, 0.2) is 0 Å².